The molecule has 212 valence electrons. The Balaban J connectivity index is 1.40. The van der Waals surface area contributed by atoms with Crippen molar-refractivity contribution in [2.24, 2.45) is 17.8 Å². The highest BCUT2D eigenvalue weighted by Crippen LogP contribution is 2.50. The Morgan fingerprint density at radius 3 is 2.64 bits per heavy atom. The second kappa shape index (κ2) is 11.1. The third kappa shape index (κ3) is 4.87. The lowest BCUT2D eigenvalue weighted by Gasteiger charge is -2.27. The number of benzene rings is 1. The zero-order chi connectivity index (χ0) is 29.4. The molecule has 3 aromatic heterocycles. The summed E-state index contributed by atoms with van der Waals surface area (Å²) in [5.41, 5.74) is 9.09. The van der Waals surface area contributed by atoms with E-state index in [9.17, 15) is 14.9 Å². The summed E-state index contributed by atoms with van der Waals surface area (Å²) in [7, 11) is 0. The van der Waals surface area contributed by atoms with Crippen LogP contribution in [0.25, 0.3) is 16.8 Å². The first-order chi connectivity index (χ1) is 20.4. The molecule has 0 bridgehead atoms. The van der Waals surface area contributed by atoms with Crippen molar-refractivity contribution in [1.29, 1.82) is 5.26 Å². The molecule has 3 N–H and O–H groups in total. The number of allylic oxidation sites excluding steroid dienone is 1. The van der Waals surface area contributed by atoms with E-state index >= 15 is 0 Å². The summed E-state index contributed by atoms with van der Waals surface area (Å²) in [6.07, 6.45) is 9.94. The molecule has 6 rings (SSSR count). The summed E-state index contributed by atoms with van der Waals surface area (Å²) < 4.78 is 1.93. The number of amides is 2. The van der Waals surface area contributed by atoms with E-state index < -0.39 is 0 Å². The van der Waals surface area contributed by atoms with E-state index in [0.717, 1.165) is 24.8 Å². The Kier molecular flexibility index (Phi) is 7.17. The summed E-state index contributed by atoms with van der Waals surface area (Å²) in [6, 6.07) is 14.3. The number of hydrogen-bond acceptors (Lipinski definition) is 7. The van der Waals surface area contributed by atoms with Gasteiger partial charge in [0, 0.05) is 36.3 Å². The van der Waals surface area contributed by atoms with Crippen LogP contribution in [0.15, 0.2) is 72.7 Å². The number of fused-ring (bicyclic) bond motifs is 2. The predicted octanol–water partition coefficient (Wildman–Crippen LogP) is 5.03. The lowest BCUT2D eigenvalue weighted by atomic mass is 9.93. The van der Waals surface area contributed by atoms with Gasteiger partial charge in [-0.1, -0.05) is 44.5 Å². The van der Waals surface area contributed by atoms with Gasteiger partial charge in [-0.25, -0.2) is 15.0 Å². The molecule has 4 aromatic rings. The largest absolute Gasteiger partial charge is 0.382 e. The van der Waals surface area contributed by atoms with Crippen molar-refractivity contribution < 1.29 is 9.59 Å². The molecule has 2 aliphatic rings. The van der Waals surface area contributed by atoms with Crippen LogP contribution >= 0.6 is 0 Å². The summed E-state index contributed by atoms with van der Waals surface area (Å²) in [4.78, 5) is 42.0. The second-order valence-corrected chi connectivity index (χ2v) is 11.3. The lowest BCUT2D eigenvalue weighted by molar-refractivity contribution is -0.128. The van der Waals surface area contributed by atoms with E-state index in [2.05, 4.69) is 21.4 Å². The van der Waals surface area contributed by atoms with Crippen molar-refractivity contribution in [2.75, 3.05) is 17.6 Å². The highest BCUT2D eigenvalue weighted by molar-refractivity contribution is 6.04. The minimum Gasteiger partial charge on any atom is -0.382 e. The number of nitrogen functional groups attached to an aromatic ring is 1. The Labute approximate surface area is 243 Å². The molecular formula is C32H32N8O2. The summed E-state index contributed by atoms with van der Waals surface area (Å²) in [6.45, 7) is 4.51. The molecule has 0 radical (unpaired) electrons. The number of pyridine rings is 1. The van der Waals surface area contributed by atoms with Gasteiger partial charge in [-0.15, -0.1) is 0 Å². The smallest absolute Gasteiger partial charge is 0.264 e. The van der Waals surface area contributed by atoms with Crippen LogP contribution < -0.4 is 11.1 Å². The second-order valence-electron chi connectivity index (χ2n) is 11.3. The predicted molar refractivity (Wildman–Crippen MR) is 159 cm³/mol. The molecule has 4 heterocycles. The van der Waals surface area contributed by atoms with Gasteiger partial charge in [-0.2, -0.15) is 5.26 Å². The number of nitrogens with two attached hydrogens (primary N) is 1. The van der Waals surface area contributed by atoms with Crippen molar-refractivity contribution in [3.63, 3.8) is 0 Å². The van der Waals surface area contributed by atoms with E-state index in [1.165, 1.54) is 0 Å². The normalized spacial score (nSPS) is 20.1. The van der Waals surface area contributed by atoms with Crippen LogP contribution in [0, 0.1) is 29.1 Å². The van der Waals surface area contributed by atoms with Gasteiger partial charge in [0.15, 0.2) is 0 Å². The van der Waals surface area contributed by atoms with Crippen LogP contribution in [-0.2, 0) is 4.79 Å². The molecule has 1 saturated heterocycles. The minimum absolute atomic E-state index is 0.0721. The van der Waals surface area contributed by atoms with Crippen molar-refractivity contribution in [3.05, 3.63) is 84.1 Å². The van der Waals surface area contributed by atoms with E-state index in [1.807, 2.05) is 41.5 Å². The number of carbonyl (C=O) groups excluding carboxylic acids is 2. The topological polar surface area (TPSA) is 142 Å². The van der Waals surface area contributed by atoms with Crippen molar-refractivity contribution >= 4 is 29.0 Å². The van der Waals surface area contributed by atoms with Crippen LogP contribution in [0.2, 0.25) is 0 Å². The van der Waals surface area contributed by atoms with Crippen LogP contribution in [0.1, 0.15) is 55.3 Å². The van der Waals surface area contributed by atoms with E-state index in [4.69, 9.17) is 10.7 Å². The maximum Gasteiger partial charge on any atom is 0.264 e. The molecule has 2 unspecified atom stereocenters. The third-order valence-corrected chi connectivity index (χ3v) is 8.20. The summed E-state index contributed by atoms with van der Waals surface area (Å²) in [5, 5.41) is 12.6. The molecule has 1 saturated carbocycles. The molecular weight excluding hydrogens is 528 g/mol. The number of carbonyl (C=O) groups is 2. The van der Waals surface area contributed by atoms with Gasteiger partial charge >= 0.3 is 0 Å². The van der Waals surface area contributed by atoms with Crippen LogP contribution in [0.3, 0.4) is 0 Å². The molecule has 1 aliphatic carbocycles. The standard InChI is InChI=1S/C32H32N8O2/c1-19(2)16-23(17-33)32(42)40-18-22-6-5-7-24(22)27(40)30-38-26(28-29(34)36-14-15-39(28)30)20-9-11-21(12-10-20)31(41)37-25-8-3-4-13-35-25/h3-4,8-16,19,22,24,27H,5-7,18H2,1-2H3,(H2,34,36)(H,35,37,41)/b23-16-/t22?,24?,27-/m0/s1. The first-order valence-electron chi connectivity index (χ1n) is 14.2. The fourth-order valence-corrected chi connectivity index (χ4v) is 6.39. The molecule has 1 aromatic carbocycles. The van der Waals surface area contributed by atoms with Gasteiger partial charge in [-0.3, -0.25) is 14.0 Å². The average Bonchev–Trinajstić information content (AvgIpc) is 3.70. The number of nitrogens with one attached hydrogen (secondary N) is 1. The molecule has 2 fully saturated rings. The van der Waals surface area contributed by atoms with Crippen molar-refractivity contribution in [1.82, 2.24) is 24.3 Å². The molecule has 42 heavy (non-hydrogen) atoms. The number of anilines is 2. The van der Waals surface area contributed by atoms with Crippen molar-refractivity contribution in [2.45, 2.75) is 39.2 Å². The Hall–Kier alpha value is -5.04. The van der Waals surface area contributed by atoms with Gasteiger partial charge < -0.3 is 16.0 Å². The fraction of sp³-hybridized carbons (Fsp3) is 0.312. The monoisotopic (exact) mass is 560 g/mol. The van der Waals surface area contributed by atoms with Gasteiger partial charge in [-0.05, 0) is 54.9 Å². The molecule has 0 spiro atoms. The summed E-state index contributed by atoms with van der Waals surface area (Å²) in [5.74, 6) is 1.63. The molecule has 10 heteroatoms. The van der Waals surface area contributed by atoms with Crippen LogP contribution in [-0.4, -0.2) is 42.6 Å². The molecule has 10 nitrogen and oxygen atoms in total. The number of hydrogen-bond donors (Lipinski definition) is 2. The SMILES string of the molecule is CC(C)/C=C(/C#N)C(=O)N1CC2CCCC2[C@H]1c1nc(-c2ccc(C(=O)Nc3ccccn3)cc2)c2c(N)nccn12. The Morgan fingerprint density at radius 2 is 1.93 bits per heavy atom. The minimum atomic E-state index is -0.305. The highest BCUT2D eigenvalue weighted by Gasteiger charge is 2.49. The summed E-state index contributed by atoms with van der Waals surface area (Å²) >= 11 is 0. The number of imidazole rings is 1. The van der Waals surface area contributed by atoms with Gasteiger partial charge in [0.05, 0.1) is 6.04 Å². The maximum atomic E-state index is 13.8. The lowest BCUT2D eigenvalue weighted by Crippen LogP contribution is -2.34. The highest BCUT2D eigenvalue weighted by atomic mass is 16.2. The zero-order valence-corrected chi connectivity index (χ0v) is 23.6. The Morgan fingerprint density at radius 1 is 1.12 bits per heavy atom. The maximum absolute atomic E-state index is 13.8. The number of nitriles is 1. The molecule has 2 amide bonds. The van der Waals surface area contributed by atoms with Crippen LogP contribution in [0.5, 0.6) is 0 Å². The number of likely N-dealkylation sites (tertiary alicyclic amines) is 1. The third-order valence-electron chi connectivity index (χ3n) is 8.20. The molecule has 1 aliphatic heterocycles. The van der Waals surface area contributed by atoms with Crippen molar-refractivity contribution in [3.8, 4) is 17.3 Å². The number of rotatable bonds is 6. The quantitative estimate of drug-likeness (QED) is 0.249. The zero-order valence-electron chi connectivity index (χ0n) is 23.6. The fourth-order valence-electron chi connectivity index (χ4n) is 6.39. The first kappa shape index (κ1) is 27.1. The average molecular weight is 561 g/mol. The Bertz CT molecular complexity index is 1720. The number of nitrogens with zero attached hydrogens (tertiary/aromatic N) is 6. The number of aromatic nitrogens is 4. The van der Waals surface area contributed by atoms with E-state index in [-0.39, 0.29) is 35.3 Å². The van der Waals surface area contributed by atoms with Crippen LogP contribution in [0.4, 0.5) is 11.6 Å². The van der Waals surface area contributed by atoms with Gasteiger partial charge in [0.2, 0.25) is 0 Å². The van der Waals surface area contributed by atoms with E-state index in [0.29, 0.717) is 46.7 Å². The van der Waals surface area contributed by atoms with Gasteiger partial charge in [0.25, 0.3) is 11.8 Å². The van der Waals surface area contributed by atoms with E-state index in [1.54, 1.807) is 48.8 Å². The van der Waals surface area contributed by atoms with Gasteiger partial charge in [0.1, 0.15) is 40.3 Å². The molecule has 3 atom stereocenters. The first-order valence-corrected chi connectivity index (χ1v) is 14.2.